The largest absolute Gasteiger partial charge is 0.496 e. The van der Waals surface area contributed by atoms with Crippen LogP contribution < -0.4 is 4.74 Å². The molecule has 0 amide bonds. The molecule has 0 spiro atoms. The molecule has 1 aromatic carbocycles. The van der Waals surface area contributed by atoms with Gasteiger partial charge >= 0.3 is 5.97 Å². The summed E-state index contributed by atoms with van der Waals surface area (Å²) in [4.78, 5) is 10.7. The second-order valence-corrected chi connectivity index (χ2v) is 3.76. The summed E-state index contributed by atoms with van der Waals surface area (Å²) in [5, 5.41) is 12.1. The minimum absolute atomic E-state index is 0.111. The Morgan fingerprint density at radius 1 is 1.40 bits per heavy atom. The molecule has 0 bridgehead atoms. The van der Waals surface area contributed by atoms with E-state index in [-0.39, 0.29) is 17.0 Å². The number of ether oxygens (including phenoxy) is 1. The Morgan fingerprint density at radius 2 is 2.10 bits per heavy atom. The maximum absolute atomic E-state index is 13.4. The van der Waals surface area contributed by atoms with Crippen molar-refractivity contribution in [3.8, 4) is 17.0 Å². The number of hydrogen-bond acceptors (Lipinski definition) is 4. The van der Waals surface area contributed by atoms with E-state index in [2.05, 4.69) is 9.68 Å². The highest BCUT2D eigenvalue weighted by atomic mass is 19.3. The fourth-order valence-electron chi connectivity index (χ4n) is 1.70. The first-order chi connectivity index (χ1) is 9.43. The highest BCUT2D eigenvalue weighted by Gasteiger charge is 2.23. The first-order valence-electron chi connectivity index (χ1n) is 5.30. The fourth-order valence-corrected chi connectivity index (χ4v) is 1.70. The normalized spacial score (nSPS) is 10.8. The van der Waals surface area contributed by atoms with Crippen LogP contribution in [0.5, 0.6) is 5.75 Å². The van der Waals surface area contributed by atoms with Gasteiger partial charge < -0.3 is 14.4 Å². The van der Waals surface area contributed by atoms with Gasteiger partial charge in [0, 0.05) is 11.6 Å². The topological polar surface area (TPSA) is 72.6 Å². The molecule has 0 aliphatic heterocycles. The van der Waals surface area contributed by atoms with Crippen LogP contribution in [0.25, 0.3) is 11.3 Å². The molecule has 1 heterocycles. The van der Waals surface area contributed by atoms with Crippen LogP contribution in [0.2, 0.25) is 0 Å². The van der Waals surface area contributed by atoms with Crippen LogP contribution in [0.3, 0.4) is 0 Å². The van der Waals surface area contributed by atoms with Gasteiger partial charge in [-0.1, -0.05) is 5.16 Å². The highest BCUT2D eigenvalue weighted by Crippen LogP contribution is 2.38. The molecule has 0 atom stereocenters. The molecule has 1 N–H and O–H groups in total. The predicted octanol–water partition coefficient (Wildman–Crippen LogP) is 3.13. The van der Waals surface area contributed by atoms with Crippen LogP contribution in [0, 0.1) is 5.82 Å². The van der Waals surface area contributed by atoms with Gasteiger partial charge in [0.1, 0.15) is 17.3 Å². The number of methoxy groups -OCH3 is 1. The zero-order valence-electron chi connectivity index (χ0n) is 10.1. The van der Waals surface area contributed by atoms with Gasteiger partial charge in [-0.2, -0.15) is 0 Å². The number of benzene rings is 1. The molecule has 5 nitrogen and oxygen atoms in total. The van der Waals surface area contributed by atoms with Crippen molar-refractivity contribution < 1.29 is 32.3 Å². The molecule has 1 aromatic heterocycles. The van der Waals surface area contributed by atoms with Gasteiger partial charge in [-0.3, -0.25) is 0 Å². The lowest BCUT2D eigenvalue weighted by atomic mass is 10.1. The molecule has 0 saturated carbocycles. The average Bonchev–Trinajstić information content (AvgIpc) is 2.87. The zero-order chi connectivity index (χ0) is 14.9. The van der Waals surface area contributed by atoms with Crippen LogP contribution in [-0.4, -0.2) is 23.3 Å². The summed E-state index contributed by atoms with van der Waals surface area (Å²) < 4.78 is 48.4. The lowest BCUT2D eigenvalue weighted by Crippen LogP contribution is -1.97. The number of hydrogen-bond donors (Lipinski definition) is 1. The van der Waals surface area contributed by atoms with E-state index in [9.17, 15) is 18.0 Å². The van der Waals surface area contributed by atoms with E-state index in [0.29, 0.717) is 6.07 Å². The Morgan fingerprint density at radius 3 is 2.60 bits per heavy atom. The van der Waals surface area contributed by atoms with Crippen molar-refractivity contribution in [2.24, 2.45) is 0 Å². The van der Waals surface area contributed by atoms with Crippen molar-refractivity contribution in [2.45, 2.75) is 6.43 Å². The van der Waals surface area contributed by atoms with Crippen molar-refractivity contribution in [1.29, 1.82) is 0 Å². The molecule has 0 aliphatic rings. The Bertz CT molecular complexity index is 654. The lowest BCUT2D eigenvalue weighted by molar-refractivity contribution is 0.0652. The maximum atomic E-state index is 13.4. The number of rotatable bonds is 4. The summed E-state index contributed by atoms with van der Waals surface area (Å²) in [5.74, 6) is -3.08. The number of carboxylic acid groups (broad SMARTS) is 1. The summed E-state index contributed by atoms with van der Waals surface area (Å²) in [7, 11) is 1.14. The van der Waals surface area contributed by atoms with E-state index in [0.717, 1.165) is 19.2 Å². The number of halogens is 3. The average molecular weight is 287 g/mol. The van der Waals surface area contributed by atoms with Crippen molar-refractivity contribution in [3.63, 3.8) is 0 Å². The van der Waals surface area contributed by atoms with Crippen molar-refractivity contribution >= 4 is 5.97 Å². The molecule has 0 radical (unpaired) electrons. The summed E-state index contributed by atoms with van der Waals surface area (Å²) >= 11 is 0. The molecule has 0 aliphatic carbocycles. The third kappa shape index (κ3) is 2.44. The van der Waals surface area contributed by atoms with Crippen molar-refractivity contribution in [2.75, 3.05) is 7.11 Å². The fraction of sp³-hybridized carbons (Fsp3) is 0.167. The van der Waals surface area contributed by atoms with Crippen LogP contribution in [-0.2, 0) is 0 Å². The first-order valence-corrected chi connectivity index (χ1v) is 5.30. The Balaban J connectivity index is 2.62. The number of carboxylic acids is 1. The van der Waals surface area contributed by atoms with E-state index >= 15 is 0 Å². The van der Waals surface area contributed by atoms with Crippen LogP contribution in [0.15, 0.2) is 22.7 Å². The summed E-state index contributed by atoms with van der Waals surface area (Å²) in [6.45, 7) is 0. The smallest absolute Gasteiger partial charge is 0.374 e. The molecule has 2 aromatic rings. The molecule has 2 rings (SSSR count). The van der Waals surface area contributed by atoms with Gasteiger partial charge in [-0.25, -0.2) is 18.0 Å². The molecule has 0 fully saturated rings. The number of nitrogens with zero attached hydrogens (tertiary/aromatic N) is 1. The number of aromatic nitrogens is 1. The molecular formula is C12H8F3NO4. The van der Waals surface area contributed by atoms with Gasteiger partial charge in [-0.05, 0) is 12.1 Å². The third-order valence-electron chi connectivity index (χ3n) is 2.52. The standard InChI is InChI=1S/C12H8F3NO4/c1-19-10-6(2-5(13)3-7(10)11(14)15)8-4-9(12(17)18)20-16-8/h2-4,11H,1H3,(H,17,18). The maximum Gasteiger partial charge on any atom is 0.374 e. The van der Waals surface area contributed by atoms with Gasteiger partial charge in [-0.15, -0.1) is 0 Å². The second-order valence-electron chi connectivity index (χ2n) is 3.76. The second kappa shape index (κ2) is 5.24. The van der Waals surface area contributed by atoms with E-state index in [1.54, 1.807) is 0 Å². The molecule has 20 heavy (non-hydrogen) atoms. The third-order valence-corrected chi connectivity index (χ3v) is 2.52. The molecule has 0 saturated heterocycles. The monoisotopic (exact) mass is 287 g/mol. The summed E-state index contributed by atoms with van der Waals surface area (Å²) in [6, 6.07) is 2.55. The summed E-state index contributed by atoms with van der Waals surface area (Å²) in [6.07, 6.45) is -2.95. The highest BCUT2D eigenvalue weighted by molar-refractivity contribution is 5.86. The SMILES string of the molecule is COc1c(-c2cc(C(=O)O)on2)cc(F)cc1C(F)F. The van der Waals surface area contributed by atoms with Crippen molar-refractivity contribution in [1.82, 2.24) is 5.16 Å². The number of alkyl halides is 2. The van der Waals surface area contributed by atoms with Crippen LogP contribution in [0.4, 0.5) is 13.2 Å². The Hall–Kier alpha value is -2.51. The zero-order valence-corrected chi connectivity index (χ0v) is 10.1. The van der Waals surface area contributed by atoms with Gasteiger partial charge in [0.25, 0.3) is 6.43 Å². The minimum Gasteiger partial charge on any atom is -0.496 e. The van der Waals surface area contributed by atoms with Crippen LogP contribution in [0.1, 0.15) is 22.5 Å². The summed E-state index contributed by atoms with van der Waals surface area (Å²) in [5.41, 5.74) is -0.873. The Kier molecular flexibility index (Phi) is 3.64. The number of aromatic carboxylic acids is 1. The molecular weight excluding hydrogens is 279 g/mol. The Labute approximate surface area is 110 Å². The minimum atomic E-state index is -2.95. The van der Waals surface area contributed by atoms with Gasteiger partial charge in [0.15, 0.2) is 0 Å². The lowest BCUT2D eigenvalue weighted by Gasteiger charge is -2.11. The van der Waals surface area contributed by atoms with Gasteiger partial charge in [0.05, 0.1) is 12.7 Å². The van der Waals surface area contributed by atoms with E-state index in [4.69, 9.17) is 9.84 Å². The van der Waals surface area contributed by atoms with Crippen LogP contribution >= 0.6 is 0 Å². The quantitative estimate of drug-likeness (QED) is 0.935. The molecule has 8 heteroatoms. The molecule has 106 valence electrons. The van der Waals surface area contributed by atoms with E-state index in [1.165, 1.54) is 0 Å². The first kappa shape index (κ1) is 13.9. The van der Waals surface area contributed by atoms with E-state index < -0.39 is 29.5 Å². The predicted molar refractivity (Wildman–Crippen MR) is 60.4 cm³/mol. The van der Waals surface area contributed by atoms with E-state index in [1.807, 2.05) is 0 Å². The van der Waals surface area contributed by atoms with Gasteiger partial charge in [0.2, 0.25) is 5.76 Å². The number of carbonyl (C=O) groups is 1. The molecule has 0 unspecified atom stereocenters. The van der Waals surface area contributed by atoms with Crippen molar-refractivity contribution in [3.05, 3.63) is 35.3 Å².